The molecule has 0 saturated carbocycles. The number of para-hydroxylation sites is 1. The Morgan fingerprint density at radius 2 is 2.26 bits per heavy atom. The van der Waals surface area contributed by atoms with Gasteiger partial charge in [0.25, 0.3) is 5.91 Å². The molecule has 0 bridgehead atoms. The van der Waals surface area contributed by atoms with Gasteiger partial charge >= 0.3 is 5.97 Å². The van der Waals surface area contributed by atoms with Crippen LogP contribution < -0.4 is 11.1 Å². The zero-order valence-corrected chi connectivity index (χ0v) is 11.2. The molecule has 1 amide bonds. The Balaban J connectivity index is 2.71. The molecule has 1 atom stereocenters. The molecule has 102 valence electrons. The van der Waals surface area contributed by atoms with Crippen LogP contribution >= 0.6 is 11.6 Å². The number of carbonyl (C=O) groups excluding carboxylic acids is 2. The van der Waals surface area contributed by atoms with Crippen molar-refractivity contribution in [3.63, 3.8) is 0 Å². The van der Waals surface area contributed by atoms with Gasteiger partial charge in [0.15, 0.2) is 6.10 Å². The van der Waals surface area contributed by atoms with E-state index in [2.05, 4.69) is 11.9 Å². The predicted octanol–water partition coefficient (Wildman–Crippen LogP) is 1.77. The number of hydrogen-bond acceptors (Lipinski definition) is 4. The molecule has 0 aromatic heterocycles. The van der Waals surface area contributed by atoms with Gasteiger partial charge in [0.1, 0.15) is 0 Å². The average Bonchev–Trinajstić information content (AvgIpc) is 2.38. The number of nitrogens with two attached hydrogens (primary N) is 1. The van der Waals surface area contributed by atoms with Gasteiger partial charge in [0.2, 0.25) is 0 Å². The Bertz CT molecular complexity index is 503. The van der Waals surface area contributed by atoms with Crippen molar-refractivity contribution >= 4 is 29.2 Å². The van der Waals surface area contributed by atoms with Crippen molar-refractivity contribution in [1.82, 2.24) is 5.32 Å². The monoisotopic (exact) mass is 282 g/mol. The number of nitrogens with one attached hydrogen (secondary N) is 1. The average molecular weight is 283 g/mol. The van der Waals surface area contributed by atoms with E-state index in [4.69, 9.17) is 22.1 Å². The molecule has 3 N–H and O–H groups in total. The van der Waals surface area contributed by atoms with Gasteiger partial charge in [-0.3, -0.25) is 4.79 Å². The van der Waals surface area contributed by atoms with Gasteiger partial charge in [-0.25, -0.2) is 4.79 Å². The summed E-state index contributed by atoms with van der Waals surface area (Å²) in [7, 11) is 0. The first-order valence-corrected chi connectivity index (χ1v) is 5.98. The lowest BCUT2D eigenvalue weighted by Crippen LogP contribution is -2.35. The van der Waals surface area contributed by atoms with Crippen molar-refractivity contribution in [2.24, 2.45) is 0 Å². The third-order valence-corrected chi connectivity index (χ3v) is 2.68. The molecule has 0 aliphatic carbocycles. The summed E-state index contributed by atoms with van der Waals surface area (Å²) in [4.78, 5) is 23.4. The predicted molar refractivity (Wildman–Crippen MR) is 73.9 cm³/mol. The quantitative estimate of drug-likeness (QED) is 0.490. The molecule has 1 aromatic carbocycles. The van der Waals surface area contributed by atoms with Gasteiger partial charge in [0.05, 0.1) is 16.3 Å². The highest BCUT2D eigenvalue weighted by Crippen LogP contribution is 2.23. The summed E-state index contributed by atoms with van der Waals surface area (Å²) in [6.45, 7) is 5.24. The Kier molecular flexibility index (Phi) is 5.38. The molecule has 0 fully saturated rings. The molecule has 1 rings (SSSR count). The van der Waals surface area contributed by atoms with E-state index in [0.717, 1.165) is 0 Å². The zero-order valence-electron chi connectivity index (χ0n) is 10.5. The Morgan fingerprint density at radius 1 is 1.58 bits per heavy atom. The van der Waals surface area contributed by atoms with Gasteiger partial charge in [-0.2, -0.15) is 0 Å². The standard InChI is InChI=1S/C13H15ClN2O3/c1-3-7-16-12(17)8(2)19-13(18)9-5-4-6-10(14)11(9)15/h3-6,8H,1,7,15H2,2H3,(H,16,17). The summed E-state index contributed by atoms with van der Waals surface area (Å²) >= 11 is 5.80. The van der Waals surface area contributed by atoms with E-state index in [1.165, 1.54) is 19.1 Å². The molecule has 0 radical (unpaired) electrons. The van der Waals surface area contributed by atoms with Crippen LogP contribution in [0.5, 0.6) is 0 Å². The molecule has 19 heavy (non-hydrogen) atoms. The number of rotatable bonds is 5. The van der Waals surface area contributed by atoms with E-state index in [-0.39, 0.29) is 16.3 Å². The third-order valence-electron chi connectivity index (χ3n) is 2.35. The lowest BCUT2D eigenvalue weighted by Gasteiger charge is -2.13. The first-order chi connectivity index (χ1) is 8.97. The maximum absolute atomic E-state index is 11.8. The van der Waals surface area contributed by atoms with E-state index >= 15 is 0 Å². The van der Waals surface area contributed by atoms with Crippen LogP contribution in [0, 0.1) is 0 Å². The number of ether oxygens (including phenoxy) is 1. The van der Waals surface area contributed by atoms with Crippen LogP contribution in [-0.2, 0) is 9.53 Å². The molecule has 0 heterocycles. The second kappa shape index (κ2) is 6.80. The fourth-order valence-corrected chi connectivity index (χ4v) is 1.48. The largest absolute Gasteiger partial charge is 0.449 e. The number of nitrogen functional groups attached to an aromatic ring is 1. The number of carbonyl (C=O) groups is 2. The van der Waals surface area contributed by atoms with Gasteiger partial charge < -0.3 is 15.8 Å². The summed E-state index contributed by atoms with van der Waals surface area (Å²) in [5.74, 6) is -1.10. The van der Waals surface area contributed by atoms with Gasteiger partial charge in [0, 0.05) is 6.54 Å². The second-order valence-corrected chi connectivity index (χ2v) is 4.19. The maximum atomic E-state index is 11.8. The first-order valence-electron chi connectivity index (χ1n) is 5.61. The number of hydrogen-bond donors (Lipinski definition) is 2. The smallest absolute Gasteiger partial charge is 0.341 e. The van der Waals surface area contributed by atoms with E-state index in [1.807, 2.05) is 0 Å². The fraction of sp³-hybridized carbons (Fsp3) is 0.231. The summed E-state index contributed by atoms with van der Waals surface area (Å²) < 4.78 is 5.01. The molecule has 0 aliphatic heterocycles. The van der Waals surface area contributed by atoms with Crippen LogP contribution in [0.15, 0.2) is 30.9 Å². The topological polar surface area (TPSA) is 81.4 Å². The van der Waals surface area contributed by atoms with Gasteiger partial charge in [-0.15, -0.1) is 6.58 Å². The molecule has 1 aromatic rings. The third kappa shape index (κ3) is 3.99. The minimum absolute atomic E-state index is 0.132. The van der Waals surface area contributed by atoms with E-state index in [9.17, 15) is 9.59 Å². The van der Waals surface area contributed by atoms with Crippen LogP contribution in [0.4, 0.5) is 5.69 Å². The van der Waals surface area contributed by atoms with E-state index in [1.54, 1.807) is 12.1 Å². The van der Waals surface area contributed by atoms with Crippen molar-refractivity contribution in [3.05, 3.63) is 41.4 Å². The van der Waals surface area contributed by atoms with Gasteiger partial charge in [-0.05, 0) is 19.1 Å². The first kappa shape index (κ1) is 15.0. The summed E-state index contributed by atoms with van der Waals surface area (Å²) in [5.41, 5.74) is 5.94. The highest BCUT2D eigenvalue weighted by atomic mass is 35.5. The molecule has 0 spiro atoms. The van der Waals surface area contributed by atoms with Crippen molar-refractivity contribution < 1.29 is 14.3 Å². The van der Waals surface area contributed by atoms with Gasteiger partial charge in [-0.1, -0.05) is 23.7 Å². The lowest BCUT2D eigenvalue weighted by molar-refractivity contribution is -0.128. The summed E-state index contributed by atoms with van der Waals surface area (Å²) in [6.07, 6.45) is 0.604. The van der Waals surface area contributed by atoms with Crippen molar-refractivity contribution in [3.8, 4) is 0 Å². The van der Waals surface area contributed by atoms with Crippen LogP contribution in [0.2, 0.25) is 5.02 Å². The molecule has 1 unspecified atom stereocenters. The lowest BCUT2D eigenvalue weighted by atomic mass is 10.2. The van der Waals surface area contributed by atoms with E-state index < -0.39 is 18.0 Å². The Hall–Kier alpha value is -2.01. The van der Waals surface area contributed by atoms with Crippen molar-refractivity contribution in [2.45, 2.75) is 13.0 Å². The normalized spacial score (nSPS) is 11.5. The molecular formula is C13H15ClN2O3. The summed E-state index contributed by atoms with van der Waals surface area (Å²) in [6, 6.07) is 4.63. The van der Waals surface area contributed by atoms with Crippen LogP contribution in [-0.4, -0.2) is 24.5 Å². The zero-order chi connectivity index (χ0) is 14.4. The number of esters is 1. The highest BCUT2D eigenvalue weighted by molar-refractivity contribution is 6.33. The Morgan fingerprint density at radius 3 is 2.89 bits per heavy atom. The minimum atomic E-state index is -0.925. The molecule has 5 nitrogen and oxygen atoms in total. The second-order valence-electron chi connectivity index (χ2n) is 3.78. The summed E-state index contributed by atoms with van der Waals surface area (Å²) in [5, 5.41) is 2.79. The number of benzene rings is 1. The molecular weight excluding hydrogens is 268 g/mol. The maximum Gasteiger partial charge on any atom is 0.341 e. The number of amides is 1. The highest BCUT2D eigenvalue weighted by Gasteiger charge is 2.20. The van der Waals surface area contributed by atoms with Crippen LogP contribution in [0.25, 0.3) is 0 Å². The number of halogens is 1. The van der Waals surface area contributed by atoms with Crippen molar-refractivity contribution in [1.29, 1.82) is 0 Å². The molecule has 0 aliphatic rings. The van der Waals surface area contributed by atoms with Crippen LogP contribution in [0.3, 0.4) is 0 Å². The number of anilines is 1. The fourth-order valence-electron chi connectivity index (χ4n) is 1.31. The SMILES string of the molecule is C=CCNC(=O)C(C)OC(=O)c1cccc(Cl)c1N. The van der Waals surface area contributed by atoms with Crippen LogP contribution in [0.1, 0.15) is 17.3 Å². The van der Waals surface area contributed by atoms with E-state index in [0.29, 0.717) is 6.54 Å². The Labute approximate surface area is 116 Å². The molecule has 6 heteroatoms. The van der Waals surface area contributed by atoms with Crippen molar-refractivity contribution in [2.75, 3.05) is 12.3 Å². The molecule has 0 saturated heterocycles. The minimum Gasteiger partial charge on any atom is -0.449 e.